The Bertz CT molecular complexity index is 579. The van der Waals surface area contributed by atoms with Gasteiger partial charge in [0.2, 0.25) is 0 Å². The maximum atomic E-state index is 13.9. The summed E-state index contributed by atoms with van der Waals surface area (Å²) in [6, 6.07) is 9.73. The molecule has 0 bridgehead atoms. The Hall–Kier alpha value is -1.74. The second-order valence-corrected chi connectivity index (χ2v) is 4.56. The molecule has 2 aromatic rings. The topological polar surface area (TPSA) is 12.0 Å². The lowest BCUT2D eigenvalue weighted by Crippen LogP contribution is -2.11. The summed E-state index contributed by atoms with van der Waals surface area (Å²) in [7, 11) is 0. The van der Waals surface area contributed by atoms with Crippen molar-refractivity contribution in [2.45, 2.75) is 20.4 Å². The minimum atomic E-state index is -0.330. The number of nitrogens with one attached hydrogen (secondary N) is 1. The van der Waals surface area contributed by atoms with E-state index in [9.17, 15) is 8.78 Å². The SMILES string of the molecule is CCNCc1ccc(F)c(-c2ccc(C)c(F)c2)c1. The molecule has 2 aromatic carbocycles. The van der Waals surface area contributed by atoms with Gasteiger partial charge in [-0.2, -0.15) is 0 Å². The fourth-order valence-corrected chi connectivity index (χ4v) is 1.93. The van der Waals surface area contributed by atoms with Crippen LogP contribution in [0.4, 0.5) is 8.78 Å². The highest BCUT2D eigenvalue weighted by Gasteiger charge is 2.08. The molecule has 19 heavy (non-hydrogen) atoms. The summed E-state index contributed by atoms with van der Waals surface area (Å²) in [6.07, 6.45) is 0. The minimum absolute atomic E-state index is 0.311. The molecule has 0 heterocycles. The zero-order valence-corrected chi connectivity index (χ0v) is 11.1. The zero-order valence-electron chi connectivity index (χ0n) is 11.1. The van der Waals surface area contributed by atoms with E-state index in [-0.39, 0.29) is 11.6 Å². The molecule has 0 aromatic heterocycles. The molecule has 0 unspecified atom stereocenters. The number of rotatable bonds is 4. The third-order valence-corrected chi connectivity index (χ3v) is 3.09. The van der Waals surface area contributed by atoms with Gasteiger partial charge in [0.25, 0.3) is 0 Å². The van der Waals surface area contributed by atoms with Crippen LogP contribution in [-0.2, 0) is 6.54 Å². The Morgan fingerprint density at radius 1 is 1.00 bits per heavy atom. The first kappa shape index (κ1) is 13.7. The van der Waals surface area contributed by atoms with Crippen LogP contribution in [0.2, 0.25) is 0 Å². The number of benzene rings is 2. The second-order valence-electron chi connectivity index (χ2n) is 4.56. The predicted molar refractivity (Wildman–Crippen MR) is 73.9 cm³/mol. The lowest BCUT2D eigenvalue weighted by molar-refractivity contribution is 0.617. The van der Waals surface area contributed by atoms with Gasteiger partial charge in [-0.1, -0.05) is 25.1 Å². The van der Waals surface area contributed by atoms with Crippen molar-refractivity contribution in [3.63, 3.8) is 0 Å². The molecular formula is C16H17F2N. The zero-order chi connectivity index (χ0) is 13.8. The van der Waals surface area contributed by atoms with E-state index in [1.165, 1.54) is 12.1 Å². The molecule has 0 aliphatic rings. The average molecular weight is 261 g/mol. The van der Waals surface area contributed by atoms with Gasteiger partial charge in [0, 0.05) is 12.1 Å². The summed E-state index contributed by atoms with van der Waals surface area (Å²) in [5, 5.41) is 3.19. The minimum Gasteiger partial charge on any atom is -0.313 e. The highest BCUT2D eigenvalue weighted by molar-refractivity contribution is 5.65. The largest absolute Gasteiger partial charge is 0.313 e. The van der Waals surface area contributed by atoms with Gasteiger partial charge in [-0.15, -0.1) is 0 Å². The molecule has 1 nitrogen and oxygen atoms in total. The fraction of sp³-hybridized carbons (Fsp3) is 0.250. The summed E-state index contributed by atoms with van der Waals surface area (Å²) in [5.41, 5.74) is 2.56. The molecule has 100 valence electrons. The quantitative estimate of drug-likeness (QED) is 0.875. The fourth-order valence-electron chi connectivity index (χ4n) is 1.93. The molecule has 0 fully saturated rings. The molecule has 3 heteroatoms. The van der Waals surface area contributed by atoms with Crippen molar-refractivity contribution >= 4 is 0 Å². The predicted octanol–water partition coefficient (Wildman–Crippen LogP) is 4.05. The number of hydrogen-bond donors (Lipinski definition) is 1. The van der Waals surface area contributed by atoms with Gasteiger partial charge in [0.15, 0.2) is 0 Å². The molecular weight excluding hydrogens is 244 g/mol. The molecule has 0 saturated carbocycles. The van der Waals surface area contributed by atoms with Crippen molar-refractivity contribution in [1.29, 1.82) is 0 Å². The van der Waals surface area contributed by atoms with E-state index in [2.05, 4.69) is 5.32 Å². The lowest BCUT2D eigenvalue weighted by atomic mass is 10.0. The van der Waals surface area contributed by atoms with E-state index in [0.29, 0.717) is 23.2 Å². The van der Waals surface area contributed by atoms with Crippen LogP contribution in [0.3, 0.4) is 0 Å². The maximum Gasteiger partial charge on any atom is 0.131 e. The highest BCUT2D eigenvalue weighted by Crippen LogP contribution is 2.25. The Morgan fingerprint density at radius 3 is 2.47 bits per heavy atom. The summed E-state index contributed by atoms with van der Waals surface area (Å²) in [4.78, 5) is 0. The Morgan fingerprint density at radius 2 is 1.79 bits per heavy atom. The summed E-state index contributed by atoms with van der Waals surface area (Å²) < 4.78 is 27.4. The van der Waals surface area contributed by atoms with Gasteiger partial charge in [-0.25, -0.2) is 8.78 Å². The van der Waals surface area contributed by atoms with Crippen molar-refractivity contribution in [1.82, 2.24) is 5.32 Å². The van der Waals surface area contributed by atoms with Crippen LogP contribution in [0, 0.1) is 18.6 Å². The molecule has 1 N–H and O–H groups in total. The van der Waals surface area contributed by atoms with Gasteiger partial charge >= 0.3 is 0 Å². The van der Waals surface area contributed by atoms with E-state index in [4.69, 9.17) is 0 Å². The molecule has 0 aliphatic carbocycles. The highest BCUT2D eigenvalue weighted by atomic mass is 19.1. The monoisotopic (exact) mass is 261 g/mol. The maximum absolute atomic E-state index is 13.9. The smallest absolute Gasteiger partial charge is 0.131 e. The Kier molecular flexibility index (Phi) is 4.27. The molecule has 0 spiro atoms. The second kappa shape index (κ2) is 5.93. The standard InChI is InChI=1S/C16H17F2N/c1-3-19-10-12-5-7-15(17)14(8-12)13-6-4-11(2)16(18)9-13/h4-9,19H,3,10H2,1-2H3. The van der Waals surface area contributed by atoms with Crippen LogP contribution in [-0.4, -0.2) is 6.54 Å². The van der Waals surface area contributed by atoms with Crippen molar-refractivity contribution in [2.24, 2.45) is 0 Å². The van der Waals surface area contributed by atoms with Gasteiger partial charge < -0.3 is 5.32 Å². The van der Waals surface area contributed by atoms with Crippen LogP contribution in [0.1, 0.15) is 18.1 Å². The summed E-state index contributed by atoms with van der Waals surface area (Å²) in [5.74, 6) is -0.641. The third kappa shape index (κ3) is 3.18. The van der Waals surface area contributed by atoms with E-state index in [0.717, 1.165) is 12.1 Å². The van der Waals surface area contributed by atoms with Crippen LogP contribution < -0.4 is 5.32 Å². The van der Waals surface area contributed by atoms with Crippen LogP contribution in [0.5, 0.6) is 0 Å². The number of aryl methyl sites for hydroxylation is 1. The lowest BCUT2D eigenvalue weighted by Gasteiger charge is -2.08. The van der Waals surface area contributed by atoms with Crippen LogP contribution in [0.15, 0.2) is 36.4 Å². The molecule has 0 radical (unpaired) electrons. The van der Waals surface area contributed by atoms with Gasteiger partial charge in [0.1, 0.15) is 11.6 Å². The molecule has 2 rings (SSSR count). The normalized spacial score (nSPS) is 10.7. The van der Waals surface area contributed by atoms with Gasteiger partial charge in [-0.3, -0.25) is 0 Å². The average Bonchev–Trinajstić information content (AvgIpc) is 2.41. The third-order valence-electron chi connectivity index (χ3n) is 3.09. The first-order valence-corrected chi connectivity index (χ1v) is 6.37. The van der Waals surface area contributed by atoms with E-state index in [1.807, 2.05) is 6.92 Å². The summed E-state index contributed by atoms with van der Waals surface area (Å²) in [6.45, 7) is 5.24. The summed E-state index contributed by atoms with van der Waals surface area (Å²) >= 11 is 0. The first-order valence-electron chi connectivity index (χ1n) is 6.37. The Balaban J connectivity index is 2.39. The molecule has 0 amide bonds. The van der Waals surface area contributed by atoms with Crippen molar-refractivity contribution in [2.75, 3.05) is 6.54 Å². The number of halogens is 2. The molecule has 0 atom stereocenters. The van der Waals surface area contributed by atoms with Crippen LogP contribution >= 0.6 is 0 Å². The van der Waals surface area contributed by atoms with Crippen molar-refractivity contribution in [3.8, 4) is 11.1 Å². The number of hydrogen-bond acceptors (Lipinski definition) is 1. The van der Waals surface area contributed by atoms with E-state index in [1.54, 1.807) is 31.2 Å². The Labute approximate surface area is 112 Å². The first-order chi connectivity index (χ1) is 9.11. The van der Waals surface area contributed by atoms with Gasteiger partial charge in [0.05, 0.1) is 0 Å². The van der Waals surface area contributed by atoms with Crippen LogP contribution in [0.25, 0.3) is 11.1 Å². The van der Waals surface area contributed by atoms with E-state index >= 15 is 0 Å². The van der Waals surface area contributed by atoms with E-state index < -0.39 is 0 Å². The molecule has 0 aliphatic heterocycles. The molecule has 0 saturated heterocycles. The van der Waals surface area contributed by atoms with Gasteiger partial charge in [-0.05, 0) is 48.4 Å². The van der Waals surface area contributed by atoms with Crippen molar-refractivity contribution < 1.29 is 8.78 Å². The van der Waals surface area contributed by atoms with Crippen molar-refractivity contribution in [3.05, 3.63) is 59.2 Å².